The zero-order chi connectivity index (χ0) is 38.6. The number of likely N-dealkylation sites (N-methyl/N-ethyl adjacent to an activating group) is 1. The minimum Gasteiger partial charge on any atom is -0.462 e. The lowest BCUT2D eigenvalue weighted by Crippen LogP contribution is -2.37. The first-order valence-corrected chi connectivity index (χ1v) is 21.2. The molecule has 0 aliphatic heterocycles. The van der Waals surface area contributed by atoms with Crippen LogP contribution < -0.4 is 0 Å². The molecular weight excluding hydrogens is 677 g/mol. The lowest BCUT2D eigenvalue weighted by molar-refractivity contribution is -0.870. The van der Waals surface area contributed by atoms with Gasteiger partial charge in [0.15, 0.2) is 6.10 Å². The fraction of sp³-hybridized carbons (Fsp3) is 0.667. The maximum absolute atomic E-state index is 12.6. The molecule has 0 aromatic rings. The summed E-state index contributed by atoms with van der Waals surface area (Å²) in [7, 11) is 1.42. The highest BCUT2D eigenvalue weighted by molar-refractivity contribution is 7.47. The molecule has 1 N–H and O–H groups in total. The third-order valence-electron chi connectivity index (χ3n) is 7.76. The van der Waals surface area contributed by atoms with Crippen LogP contribution in [0.3, 0.4) is 0 Å². The number of carbonyl (C=O) groups is 2. The number of quaternary nitrogens is 1. The number of allylic oxidation sites excluding steroid dienone is 12. The van der Waals surface area contributed by atoms with E-state index < -0.39 is 32.5 Å². The van der Waals surface area contributed by atoms with Crippen LogP contribution in [0.25, 0.3) is 0 Å². The maximum atomic E-state index is 12.6. The summed E-state index contributed by atoms with van der Waals surface area (Å²) in [5.41, 5.74) is 0. The lowest BCUT2D eigenvalue weighted by atomic mass is 10.1. The molecular formula is C42H73NO8P+. The molecule has 298 valence electrons. The highest BCUT2D eigenvalue weighted by Gasteiger charge is 2.27. The molecule has 1 unspecified atom stereocenters. The van der Waals surface area contributed by atoms with Gasteiger partial charge in [-0.05, 0) is 51.4 Å². The van der Waals surface area contributed by atoms with Gasteiger partial charge >= 0.3 is 19.8 Å². The molecule has 0 aliphatic carbocycles. The molecule has 0 fully saturated rings. The number of hydrogen-bond donors (Lipinski definition) is 1. The molecule has 2 atom stereocenters. The Bertz CT molecular complexity index is 1120. The summed E-state index contributed by atoms with van der Waals surface area (Å²) in [6.07, 6.45) is 41.2. The predicted octanol–water partition coefficient (Wildman–Crippen LogP) is 10.7. The Balaban J connectivity index is 4.55. The number of nitrogens with zero attached hydrogens (tertiary/aromatic N) is 1. The molecule has 0 saturated carbocycles. The van der Waals surface area contributed by atoms with E-state index >= 15 is 0 Å². The van der Waals surface area contributed by atoms with Gasteiger partial charge in [-0.3, -0.25) is 18.6 Å². The van der Waals surface area contributed by atoms with Gasteiger partial charge in [0.25, 0.3) is 0 Å². The molecule has 0 radical (unpaired) electrons. The van der Waals surface area contributed by atoms with Crippen LogP contribution in [0.2, 0.25) is 0 Å². The van der Waals surface area contributed by atoms with E-state index in [1.807, 2.05) is 33.3 Å². The van der Waals surface area contributed by atoms with E-state index in [-0.39, 0.29) is 26.1 Å². The van der Waals surface area contributed by atoms with Crippen LogP contribution in [-0.2, 0) is 32.7 Å². The number of phosphoric acid groups is 1. The molecule has 0 aromatic carbocycles. The van der Waals surface area contributed by atoms with Crippen molar-refractivity contribution in [2.75, 3.05) is 47.5 Å². The van der Waals surface area contributed by atoms with Crippen molar-refractivity contribution in [1.82, 2.24) is 0 Å². The largest absolute Gasteiger partial charge is 0.472 e. The highest BCUT2D eigenvalue weighted by atomic mass is 31.2. The van der Waals surface area contributed by atoms with Gasteiger partial charge in [-0.25, -0.2) is 4.57 Å². The molecule has 0 rings (SSSR count). The number of esters is 2. The number of ether oxygens (including phenoxy) is 2. The van der Waals surface area contributed by atoms with Crippen molar-refractivity contribution >= 4 is 19.8 Å². The van der Waals surface area contributed by atoms with Gasteiger partial charge in [0.2, 0.25) is 0 Å². The van der Waals surface area contributed by atoms with Gasteiger partial charge in [-0.15, -0.1) is 0 Å². The van der Waals surface area contributed by atoms with Crippen LogP contribution in [0, 0.1) is 0 Å². The Kier molecular flexibility index (Phi) is 32.6. The molecule has 9 nitrogen and oxygen atoms in total. The zero-order valence-corrected chi connectivity index (χ0v) is 34.2. The van der Waals surface area contributed by atoms with Crippen molar-refractivity contribution in [2.45, 2.75) is 136 Å². The van der Waals surface area contributed by atoms with Gasteiger partial charge in [0.05, 0.1) is 27.7 Å². The molecule has 0 amide bonds. The number of hydrogen-bond acceptors (Lipinski definition) is 7. The van der Waals surface area contributed by atoms with Crippen molar-refractivity contribution in [3.05, 3.63) is 72.9 Å². The Morgan fingerprint density at radius 3 is 1.60 bits per heavy atom. The smallest absolute Gasteiger partial charge is 0.462 e. The Morgan fingerprint density at radius 1 is 0.615 bits per heavy atom. The van der Waals surface area contributed by atoms with E-state index in [9.17, 15) is 19.0 Å². The summed E-state index contributed by atoms with van der Waals surface area (Å²) in [6, 6.07) is 0. The number of unbranched alkanes of at least 4 members (excludes halogenated alkanes) is 8. The van der Waals surface area contributed by atoms with Gasteiger partial charge < -0.3 is 18.9 Å². The third kappa shape index (κ3) is 37.2. The molecule has 52 heavy (non-hydrogen) atoms. The van der Waals surface area contributed by atoms with E-state index in [4.69, 9.17) is 18.5 Å². The van der Waals surface area contributed by atoms with E-state index in [2.05, 4.69) is 74.6 Å². The summed E-state index contributed by atoms with van der Waals surface area (Å²) < 4.78 is 34.0. The molecule has 0 heterocycles. The van der Waals surface area contributed by atoms with E-state index in [1.54, 1.807) is 0 Å². The molecule has 0 aliphatic rings. The van der Waals surface area contributed by atoms with Crippen molar-refractivity contribution in [2.24, 2.45) is 0 Å². The predicted molar refractivity (Wildman–Crippen MR) is 215 cm³/mol. The van der Waals surface area contributed by atoms with Crippen molar-refractivity contribution in [1.29, 1.82) is 0 Å². The summed E-state index contributed by atoms with van der Waals surface area (Å²) in [4.78, 5) is 35.1. The zero-order valence-electron chi connectivity index (χ0n) is 33.3. The van der Waals surface area contributed by atoms with E-state index in [0.29, 0.717) is 17.4 Å². The molecule has 10 heteroatoms. The standard InChI is InChI=1S/C42H72NO8P/c1-6-8-10-12-14-16-17-18-19-20-21-22-23-24-25-27-29-31-33-35-42(45)51-40(39-50-52(46,47)49-37-36-43(3,4)5)38-48-41(44)34-32-30-28-26-15-13-11-9-7-2/h8,10,14,16,18-19,21-22,24-25,29,31,40H,6-7,9,11-13,15,17,20,23,26-28,30,32-39H2,1-5H3/p+1/b10-8+,16-14+,19-18+,22-21+,25-24+,31-29+/t40-/m1/s1. The molecule has 0 spiro atoms. The molecule has 0 aromatic heterocycles. The SMILES string of the molecule is CC/C=C/C/C=C/C/C=C/C/C=C/C/C=C/C/C=C/CCC(=O)O[C@H](COC(=O)CCCCCCCCCCC)COP(=O)(O)OCC[N+](C)(C)C. The Hall–Kier alpha value is -2.55. The number of phosphoric ester groups is 1. The second-order valence-corrected chi connectivity index (χ2v) is 15.4. The van der Waals surface area contributed by atoms with Crippen LogP contribution in [0.15, 0.2) is 72.9 Å². The van der Waals surface area contributed by atoms with Crippen molar-refractivity contribution in [3.63, 3.8) is 0 Å². The van der Waals surface area contributed by atoms with Crippen molar-refractivity contribution < 1.29 is 42.1 Å². The second-order valence-electron chi connectivity index (χ2n) is 13.9. The first-order chi connectivity index (χ1) is 25.0. The monoisotopic (exact) mass is 751 g/mol. The fourth-order valence-electron chi connectivity index (χ4n) is 4.68. The van der Waals surface area contributed by atoms with Crippen molar-refractivity contribution in [3.8, 4) is 0 Å². The topological polar surface area (TPSA) is 108 Å². The minimum atomic E-state index is -4.39. The normalized spacial score (nSPS) is 14.5. The fourth-order valence-corrected chi connectivity index (χ4v) is 5.43. The average molecular weight is 751 g/mol. The summed E-state index contributed by atoms with van der Waals surface area (Å²) in [6.45, 7) is 4.16. The van der Waals surface area contributed by atoms with Crippen LogP contribution in [-0.4, -0.2) is 74.9 Å². The molecule has 0 bridgehead atoms. The Morgan fingerprint density at radius 2 is 1.10 bits per heavy atom. The van der Waals surface area contributed by atoms with Crippen LogP contribution in [0.5, 0.6) is 0 Å². The van der Waals surface area contributed by atoms with Gasteiger partial charge in [-0.2, -0.15) is 0 Å². The summed E-state index contributed by atoms with van der Waals surface area (Å²) in [5.74, 6) is -0.907. The number of rotatable bonds is 34. The Labute approximate surface area is 317 Å². The molecule has 0 saturated heterocycles. The van der Waals surface area contributed by atoms with Gasteiger partial charge in [0, 0.05) is 12.8 Å². The lowest BCUT2D eigenvalue weighted by Gasteiger charge is -2.24. The summed E-state index contributed by atoms with van der Waals surface area (Å²) >= 11 is 0. The van der Waals surface area contributed by atoms with E-state index in [1.165, 1.54) is 38.5 Å². The second kappa shape index (κ2) is 34.2. The summed E-state index contributed by atoms with van der Waals surface area (Å²) in [5, 5.41) is 0. The first-order valence-electron chi connectivity index (χ1n) is 19.7. The average Bonchev–Trinajstić information content (AvgIpc) is 3.09. The van der Waals surface area contributed by atoms with Crippen LogP contribution in [0.4, 0.5) is 0 Å². The number of carbonyl (C=O) groups excluding carboxylic acids is 2. The van der Waals surface area contributed by atoms with Gasteiger partial charge in [0.1, 0.15) is 19.8 Å². The van der Waals surface area contributed by atoms with Crippen LogP contribution in [0.1, 0.15) is 129 Å². The maximum Gasteiger partial charge on any atom is 0.472 e. The van der Waals surface area contributed by atoms with Crippen LogP contribution >= 0.6 is 7.82 Å². The van der Waals surface area contributed by atoms with E-state index in [0.717, 1.165) is 57.8 Å². The first kappa shape index (κ1) is 49.5. The van der Waals surface area contributed by atoms with Gasteiger partial charge in [-0.1, -0.05) is 138 Å². The third-order valence-corrected chi connectivity index (χ3v) is 8.75. The highest BCUT2D eigenvalue weighted by Crippen LogP contribution is 2.43. The quantitative estimate of drug-likeness (QED) is 0.0228. The minimum absolute atomic E-state index is 0.0153.